The fourth-order valence-corrected chi connectivity index (χ4v) is 5.88. The van der Waals surface area contributed by atoms with Crippen LogP contribution in [0.25, 0.3) is 0 Å². The second kappa shape index (κ2) is 5.02. The standard InChI is InChI=1S/C10H12N2O6S2/c13-10(14)7-1-3-11-9(5-7)12-20(17,18)8-2-4-19(15,16)6-8/h1,3,5,8H,2,4,6H2,(H,11,12)(H,13,14). The third kappa shape index (κ3) is 3.25. The molecule has 0 radical (unpaired) electrons. The Morgan fingerprint density at radius 2 is 2.15 bits per heavy atom. The third-order valence-electron chi connectivity index (χ3n) is 2.88. The first-order valence-corrected chi connectivity index (χ1v) is 8.98. The smallest absolute Gasteiger partial charge is 0.335 e. The van der Waals surface area contributed by atoms with Gasteiger partial charge in [0.2, 0.25) is 10.0 Å². The molecule has 0 aromatic carbocycles. The van der Waals surface area contributed by atoms with Gasteiger partial charge in [-0.2, -0.15) is 0 Å². The average Bonchev–Trinajstić information content (AvgIpc) is 2.70. The molecule has 0 amide bonds. The van der Waals surface area contributed by atoms with E-state index >= 15 is 0 Å². The Balaban J connectivity index is 2.21. The van der Waals surface area contributed by atoms with Gasteiger partial charge in [0.1, 0.15) is 5.82 Å². The molecule has 1 atom stereocenters. The second-order valence-electron chi connectivity index (χ2n) is 4.41. The maximum absolute atomic E-state index is 12.0. The molecule has 0 spiro atoms. The van der Waals surface area contributed by atoms with E-state index in [0.717, 1.165) is 12.3 Å². The number of hydrogen-bond acceptors (Lipinski definition) is 6. The molecule has 8 nitrogen and oxygen atoms in total. The van der Waals surface area contributed by atoms with Crippen molar-refractivity contribution in [3.05, 3.63) is 23.9 Å². The van der Waals surface area contributed by atoms with Crippen molar-refractivity contribution in [1.82, 2.24) is 4.98 Å². The normalized spacial score (nSPS) is 21.5. The fourth-order valence-electron chi connectivity index (χ4n) is 1.85. The summed E-state index contributed by atoms with van der Waals surface area (Å²) in [5.74, 6) is -1.95. The quantitative estimate of drug-likeness (QED) is 0.779. The molecule has 0 saturated carbocycles. The number of hydrogen-bond donors (Lipinski definition) is 2. The maximum Gasteiger partial charge on any atom is 0.335 e. The van der Waals surface area contributed by atoms with Gasteiger partial charge >= 0.3 is 5.97 Å². The van der Waals surface area contributed by atoms with Crippen LogP contribution in [0, 0.1) is 0 Å². The fraction of sp³-hybridized carbons (Fsp3) is 0.400. The summed E-state index contributed by atoms with van der Waals surface area (Å²) in [4.78, 5) is 14.5. The molecule has 1 aromatic rings. The Hall–Kier alpha value is -1.68. The zero-order chi connectivity index (χ0) is 15.0. The summed E-state index contributed by atoms with van der Waals surface area (Å²) in [7, 11) is -7.24. The molecule has 0 bridgehead atoms. The number of rotatable bonds is 4. The van der Waals surface area contributed by atoms with Crippen LogP contribution in [0.2, 0.25) is 0 Å². The van der Waals surface area contributed by atoms with Crippen LogP contribution in [0.4, 0.5) is 5.82 Å². The van der Waals surface area contributed by atoms with Crippen molar-refractivity contribution in [1.29, 1.82) is 0 Å². The summed E-state index contributed by atoms with van der Waals surface area (Å²) in [5, 5.41) is 7.76. The maximum atomic E-state index is 12.0. The van der Waals surface area contributed by atoms with Crippen LogP contribution in [0.5, 0.6) is 0 Å². The summed E-state index contributed by atoms with van der Waals surface area (Å²) >= 11 is 0. The highest BCUT2D eigenvalue weighted by molar-refractivity contribution is 7.97. The summed E-state index contributed by atoms with van der Waals surface area (Å²) < 4.78 is 48.7. The first-order valence-electron chi connectivity index (χ1n) is 5.61. The molecular formula is C10H12N2O6S2. The van der Waals surface area contributed by atoms with Crippen molar-refractivity contribution in [3.8, 4) is 0 Å². The van der Waals surface area contributed by atoms with Gasteiger partial charge in [-0.1, -0.05) is 0 Å². The number of anilines is 1. The molecule has 2 N–H and O–H groups in total. The molecule has 10 heteroatoms. The monoisotopic (exact) mass is 320 g/mol. The van der Waals surface area contributed by atoms with Crippen LogP contribution in [0.15, 0.2) is 18.3 Å². The number of pyridine rings is 1. The second-order valence-corrected chi connectivity index (χ2v) is 8.60. The Bertz CT molecular complexity index is 741. The third-order valence-corrected chi connectivity index (χ3v) is 6.64. The van der Waals surface area contributed by atoms with Crippen molar-refractivity contribution in [2.75, 3.05) is 16.2 Å². The lowest BCUT2D eigenvalue weighted by atomic mass is 10.3. The van der Waals surface area contributed by atoms with E-state index in [1.165, 1.54) is 6.07 Å². The number of sulfone groups is 1. The van der Waals surface area contributed by atoms with Gasteiger partial charge in [0.05, 0.1) is 22.3 Å². The minimum absolute atomic E-state index is 0.0241. The summed E-state index contributed by atoms with van der Waals surface area (Å²) in [6.45, 7) is 0. The largest absolute Gasteiger partial charge is 0.478 e. The Morgan fingerprint density at radius 1 is 1.45 bits per heavy atom. The molecule has 2 rings (SSSR count). The predicted molar refractivity (Wildman–Crippen MR) is 70.8 cm³/mol. The number of aromatic nitrogens is 1. The number of aromatic carboxylic acids is 1. The van der Waals surface area contributed by atoms with E-state index in [1.54, 1.807) is 0 Å². The van der Waals surface area contributed by atoms with Crippen molar-refractivity contribution < 1.29 is 26.7 Å². The minimum Gasteiger partial charge on any atom is -0.478 e. The number of nitrogens with one attached hydrogen (secondary N) is 1. The van der Waals surface area contributed by atoms with E-state index in [9.17, 15) is 21.6 Å². The van der Waals surface area contributed by atoms with Crippen LogP contribution in [-0.4, -0.2) is 49.7 Å². The molecule has 1 saturated heterocycles. The molecule has 2 heterocycles. The van der Waals surface area contributed by atoms with Gasteiger partial charge in [0.25, 0.3) is 0 Å². The number of nitrogens with zero attached hydrogens (tertiary/aromatic N) is 1. The summed E-state index contributed by atoms with van der Waals surface area (Å²) in [6, 6.07) is 2.30. The van der Waals surface area contributed by atoms with E-state index in [2.05, 4.69) is 9.71 Å². The van der Waals surface area contributed by atoms with Crippen LogP contribution >= 0.6 is 0 Å². The lowest BCUT2D eigenvalue weighted by Gasteiger charge is -2.11. The van der Waals surface area contributed by atoms with E-state index < -0.39 is 36.8 Å². The van der Waals surface area contributed by atoms with Crippen molar-refractivity contribution in [2.45, 2.75) is 11.7 Å². The molecule has 0 aliphatic carbocycles. The van der Waals surface area contributed by atoms with Gasteiger partial charge < -0.3 is 5.11 Å². The lowest BCUT2D eigenvalue weighted by molar-refractivity contribution is 0.0696. The van der Waals surface area contributed by atoms with Crippen LogP contribution in [0.1, 0.15) is 16.8 Å². The van der Waals surface area contributed by atoms with Crippen LogP contribution < -0.4 is 4.72 Å². The predicted octanol–water partition coefficient (Wildman–Crippen LogP) is -0.291. The van der Waals surface area contributed by atoms with E-state index in [4.69, 9.17) is 5.11 Å². The number of carboxylic acid groups (broad SMARTS) is 1. The van der Waals surface area contributed by atoms with Crippen LogP contribution in [-0.2, 0) is 19.9 Å². The Labute approximate surface area is 115 Å². The SMILES string of the molecule is O=C(O)c1ccnc(NS(=O)(=O)C2CCS(=O)(=O)C2)c1. The van der Waals surface area contributed by atoms with Crippen molar-refractivity contribution in [2.24, 2.45) is 0 Å². The molecule has 1 unspecified atom stereocenters. The van der Waals surface area contributed by atoms with E-state index in [-0.39, 0.29) is 23.6 Å². The highest BCUT2D eigenvalue weighted by atomic mass is 32.2. The number of sulfonamides is 1. The molecular weight excluding hydrogens is 308 g/mol. The lowest BCUT2D eigenvalue weighted by Crippen LogP contribution is -2.29. The van der Waals surface area contributed by atoms with Gasteiger partial charge in [0, 0.05) is 6.20 Å². The highest BCUT2D eigenvalue weighted by Gasteiger charge is 2.37. The zero-order valence-electron chi connectivity index (χ0n) is 10.2. The van der Waals surface area contributed by atoms with Crippen molar-refractivity contribution >= 4 is 31.6 Å². The molecule has 20 heavy (non-hydrogen) atoms. The van der Waals surface area contributed by atoms with Crippen LogP contribution in [0.3, 0.4) is 0 Å². The first kappa shape index (κ1) is 14.7. The average molecular weight is 320 g/mol. The highest BCUT2D eigenvalue weighted by Crippen LogP contribution is 2.21. The molecule has 1 fully saturated rings. The minimum atomic E-state index is -3.91. The molecule has 110 valence electrons. The van der Waals surface area contributed by atoms with Gasteiger partial charge in [-0.15, -0.1) is 0 Å². The van der Waals surface area contributed by atoms with E-state index in [1.807, 2.05) is 0 Å². The Morgan fingerprint density at radius 3 is 2.70 bits per heavy atom. The van der Waals surface area contributed by atoms with E-state index in [0.29, 0.717) is 0 Å². The first-order chi connectivity index (χ1) is 9.20. The van der Waals surface area contributed by atoms with Gasteiger partial charge in [-0.05, 0) is 18.6 Å². The molecule has 1 aliphatic heterocycles. The number of carbonyl (C=O) groups is 1. The van der Waals surface area contributed by atoms with Crippen molar-refractivity contribution in [3.63, 3.8) is 0 Å². The molecule has 1 aromatic heterocycles. The topological polar surface area (TPSA) is 130 Å². The molecule has 1 aliphatic rings. The van der Waals surface area contributed by atoms with Gasteiger partial charge in [-0.25, -0.2) is 26.6 Å². The summed E-state index contributed by atoms with van der Waals surface area (Å²) in [6.07, 6.45) is 1.18. The zero-order valence-corrected chi connectivity index (χ0v) is 11.8. The van der Waals surface area contributed by atoms with Gasteiger partial charge in [-0.3, -0.25) is 4.72 Å². The Kier molecular flexibility index (Phi) is 3.69. The summed E-state index contributed by atoms with van der Waals surface area (Å²) in [5.41, 5.74) is -0.114. The number of carboxylic acids is 1. The van der Waals surface area contributed by atoms with Gasteiger partial charge in [0.15, 0.2) is 9.84 Å².